The van der Waals surface area contributed by atoms with Gasteiger partial charge in [0.2, 0.25) is 0 Å². The van der Waals surface area contributed by atoms with Crippen molar-refractivity contribution in [1.29, 1.82) is 0 Å². The van der Waals surface area contributed by atoms with E-state index in [1.54, 1.807) is 19.2 Å². The van der Waals surface area contributed by atoms with E-state index >= 15 is 0 Å². The first-order valence-electron chi connectivity index (χ1n) is 8.29. The van der Waals surface area contributed by atoms with E-state index < -0.39 is 0 Å². The van der Waals surface area contributed by atoms with Crippen LogP contribution in [0.1, 0.15) is 11.1 Å². The van der Waals surface area contributed by atoms with Gasteiger partial charge in [-0.05, 0) is 48.0 Å². The second-order valence-electron chi connectivity index (χ2n) is 5.85. The molecule has 3 aromatic carbocycles. The quantitative estimate of drug-likeness (QED) is 0.408. The van der Waals surface area contributed by atoms with Gasteiger partial charge in [-0.15, -0.1) is 0 Å². The highest BCUT2D eigenvalue weighted by Crippen LogP contribution is 2.33. The predicted octanol–water partition coefficient (Wildman–Crippen LogP) is 6.96. The average molecular weight is 467 g/mol. The number of para-hydroxylation sites is 1. The summed E-state index contributed by atoms with van der Waals surface area (Å²) >= 11 is 15.5. The van der Waals surface area contributed by atoms with Crippen molar-refractivity contribution in [3.8, 4) is 11.5 Å². The fraction of sp³-hybridized carbons (Fsp3) is 0.143. The molecule has 0 unspecified atom stereocenters. The van der Waals surface area contributed by atoms with Gasteiger partial charge in [-0.2, -0.15) is 0 Å². The van der Waals surface area contributed by atoms with Gasteiger partial charge in [-0.3, -0.25) is 0 Å². The molecule has 1 N–H and O–H groups in total. The maximum Gasteiger partial charge on any atom is 0.166 e. The fourth-order valence-electron chi connectivity index (χ4n) is 2.57. The van der Waals surface area contributed by atoms with Gasteiger partial charge in [-0.25, -0.2) is 0 Å². The third-order valence-electron chi connectivity index (χ3n) is 3.97. The number of halogens is 3. The van der Waals surface area contributed by atoms with Gasteiger partial charge in [0.25, 0.3) is 0 Å². The number of methoxy groups -OCH3 is 1. The maximum atomic E-state index is 6.09. The van der Waals surface area contributed by atoms with E-state index in [1.807, 2.05) is 48.5 Å². The SMILES string of the molecule is COc1cccc(CNc2ccc(Br)cc2)c1OCc1ccc(Cl)c(Cl)c1. The van der Waals surface area contributed by atoms with Gasteiger partial charge in [0.15, 0.2) is 11.5 Å². The lowest BCUT2D eigenvalue weighted by Crippen LogP contribution is -2.05. The summed E-state index contributed by atoms with van der Waals surface area (Å²) in [7, 11) is 1.63. The van der Waals surface area contributed by atoms with Crippen molar-refractivity contribution in [1.82, 2.24) is 0 Å². The first-order chi connectivity index (χ1) is 13.1. The van der Waals surface area contributed by atoms with Gasteiger partial charge in [0.1, 0.15) is 6.61 Å². The van der Waals surface area contributed by atoms with E-state index in [0.717, 1.165) is 21.3 Å². The zero-order valence-electron chi connectivity index (χ0n) is 14.6. The third-order valence-corrected chi connectivity index (χ3v) is 5.24. The fourth-order valence-corrected chi connectivity index (χ4v) is 3.16. The molecule has 3 rings (SSSR count). The topological polar surface area (TPSA) is 30.5 Å². The maximum absolute atomic E-state index is 6.09. The monoisotopic (exact) mass is 465 g/mol. The summed E-state index contributed by atoms with van der Waals surface area (Å²) in [4.78, 5) is 0. The number of benzene rings is 3. The van der Waals surface area contributed by atoms with Crippen LogP contribution in [0.3, 0.4) is 0 Å². The van der Waals surface area contributed by atoms with Crippen LogP contribution >= 0.6 is 39.1 Å². The number of anilines is 1. The molecular formula is C21H18BrCl2NO2. The van der Waals surface area contributed by atoms with Crippen molar-refractivity contribution in [2.45, 2.75) is 13.2 Å². The molecule has 0 heterocycles. The van der Waals surface area contributed by atoms with E-state index in [1.165, 1.54) is 0 Å². The molecule has 0 fully saturated rings. The second-order valence-corrected chi connectivity index (χ2v) is 7.58. The van der Waals surface area contributed by atoms with Gasteiger partial charge >= 0.3 is 0 Å². The minimum atomic E-state index is 0.364. The summed E-state index contributed by atoms with van der Waals surface area (Å²) in [5.74, 6) is 1.39. The van der Waals surface area contributed by atoms with Crippen LogP contribution in [0.5, 0.6) is 11.5 Å². The number of hydrogen-bond acceptors (Lipinski definition) is 3. The summed E-state index contributed by atoms with van der Waals surface area (Å²) in [6.45, 7) is 0.970. The molecule has 0 radical (unpaired) electrons. The molecule has 0 bridgehead atoms. The number of ether oxygens (including phenoxy) is 2. The molecule has 3 nitrogen and oxygen atoms in total. The lowest BCUT2D eigenvalue weighted by molar-refractivity contribution is 0.281. The summed E-state index contributed by atoms with van der Waals surface area (Å²) in [6.07, 6.45) is 0. The van der Waals surface area contributed by atoms with E-state index in [-0.39, 0.29) is 0 Å². The number of hydrogen-bond donors (Lipinski definition) is 1. The van der Waals surface area contributed by atoms with Crippen molar-refractivity contribution in [3.63, 3.8) is 0 Å². The summed E-state index contributed by atoms with van der Waals surface area (Å²) in [6, 6.07) is 19.3. The molecule has 0 aromatic heterocycles. The van der Waals surface area contributed by atoms with Gasteiger partial charge in [0, 0.05) is 22.3 Å². The Bertz CT molecular complexity index is 917. The normalized spacial score (nSPS) is 10.5. The molecular weight excluding hydrogens is 449 g/mol. The first kappa shape index (κ1) is 19.9. The largest absolute Gasteiger partial charge is 0.493 e. The molecule has 0 aliphatic rings. The molecule has 6 heteroatoms. The molecule has 0 saturated carbocycles. The van der Waals surface area contributed by atoms with E-state index in [9.17, 15) is 0 Å². The highest BCUT2D eigenvalue weighted by molar-refractivity contribution is 9.10. The Hall–Kier alpha value is -1.88. The van der Waals surface area contributed by atoms with Crippen LogP contribution in [0.15, 0.2) is 65.1 Å². The van der Waals surface area contributed by atoms with Crippen LogP contribution in [0.4, 0.5) is 5.69 Å². The average Bonchev–Trinajstić information content (AvgIpc) is 2.68. The Morgan fingerprint density at radius 1 is 0.963 bits per heavy atom. The molecule has 0 amide bonds. The molecule has 0 atom stereocenters. The van der Waals surface area contributed by atoms with E-state index in [0.29, 0.717) is 34.7 Å². The summed E-state index contributed by atoms with van der Waals surface area (Å²) in [5, 5.41) is 4.43. The molecule has 3 aromatic rings. The van der Waals surface area contributed by atoms with Crippen molar-refractivity contribution in [2.75, 3.05) is 12.4 Å². The van der Waals surface area contributed by atoms with E-state index in [2.05, 4.69) is 21.2 Å². The van der Waals surface area contributed by atoms with Crippen LogP contribution in [0.2, 0.25) is 10.0 Å². The van der Waals surface area contributed by atoms with Crippen molar-refractivity contribution < 1.29 is 9.47 Å². The zero-order chi connectivity index (χ0) is 19.2. The van der Waals surface area contributed by atoms with Crippen LogP contribution in [0.25, 0.3) is 0 Å². The molecule has 0 aliphatic heterocycles. The highest BCUT2D eigenvalue weighted by Gasteiger charge is 2.11. The van der Waals surface area contributed by atoms with E-state index in [4.69, 9.17) is 32.7 Å². The second kappa shape index (κ2) is 9.36. The third kappa shape index (κ3) is 5.32. The Labute approximate surface area is 177 Å². The van der Waals surface area contributed by atoms with Crippen molar-refractivity contribution in [2.24, 2.45) is 0 Å². The Balaban J connectivity index is 1.76. The number of nitrogens with one attached hydrogen (secondary N) is 1. The molecule has 0 saturated heterocycles. The number of rotatable bonds is 7. The minimum Gasteiger partial charge on any atom is -0.493 e. The van der Waals surface area contributed by atoms with Crippen LogP contribution in [-0.4, -0.2) is 7.11 Å². The summed E-state index contributed by atoms with van der Waals surface area (Å²) < 4.78 is 12.6. The Kier molecular flexibility index (Phi) is 6.89. The molecule has 0 aliphatic carbocycles. The molecule has 0 spiro atoms. The summed E-state index contributed by atoms with van der Waals surface area (Å²) in [5.41, 5.74) is 2.95. The Morgan fingerprint density at radius 3 is 2.44 bits per heavy atom. The van der Waals surface area contributed by atoms with Crippen LogP contribution in [0, 0.1) is 0 Å². The van der Waals surface area contributed by atoms with Gasteiger partial charge in [-0.1, -0.05) is 57.3 Å². The lowest BCUT2D eigenvalue weighted by Gasteiger charge is -2.16. The van der Waals surface area contributed by atoms with Crippen molar-refractivity contribution in [3.05, 3.63) is 86.3 Å². The Morgan fingerprint density at radius 2 is 1.74 bits per heavy atom. The van der Waals surface area contributed by atoms with Gasteiger partial charge in [0.05, 0.1) is 17.2 Å². The molecule has 140 valence electrons. The van der Waals surface area contributed by atoms with Crippen molar-refractivity contribution >= 4 is 44.8 Å². The highest BCUT2D eigenvalue weighted by atomic mass is 79.9. The van der Waals surface area contributed by atoms with Gasteiger partial charge < -0.3 is 14.8 Å². The predicted molar refractivity (Wildman–Crippen MR) is 115 cm³/mol. The standard InChI is InChI=1S/C21H18BrCl2NO2/c1-26-20-4-2-3-15(12-25-17-8-6-16(22)7-9-17)21(20)27-13-14-5-10-18(23)19(24)11-14/h2-11,25H,12-13H2,1H3. The van der Waals surface area contributed by atoms with Crippen LogP contribution < -0.4 is 14.8 Å². The first-order valence-corrected chi connectivity index (χ1v) is 9.84. The lowest BCUT2D eigenvalue weighted by atomic mass is 10.1. The zero-order valence-corrected chi connectivity index (χ0v) is 17.7. The smallest absolute Gasteiger partial charge is 0.166 e. The minimum absolute atomic E-state index is 0.364. The molecule has 27 heavy (non-hydrogen) atoms. The van der Waals surface area contributed by atoms with Crippen LogP contribution in [-0.2, 0) is 13.2 Å².